The molecule has 1 N–H and O–H groups in total. The van der Waals surface area contributed by atoms with E-state index in [-0.39, 0.29) is 17.5 Å². The third kappa shape index (κ3) is 3.91. The first kappa shape index (κ1) is 14.8. The third-order valence-electron chi connectivity index (χ3n) is 2.38. The van der Waals surface area contributed by atoms with E-state index in [1.807, 2.05) is 0 Å². The smallest absolute Gasteiger partial charge is 0.321 e. The van der Waals surface area contributed by atoms with Crippen molar-refractivity contribution in [2.75, 3.05) is 6.61 Å². The van der Waals surface area contributed by atoms with Crippen LogP contribution in [0.1, 0.15) is 26.3 Å². The van der Waals surface area contributed by atoms with E-state index in [2.05, 4.69) is 0 Å². The minimum absolute atomic E-state index is 0.0148. The SMILES string of the molecule is CCOC(=O)C(C)(C)SCc1cc(O)ccc1F. The predicted octanol–water partition coefficient (Wildman–Crippen LogP) is 3.11. The summed E-state index contributed by atoms with van der Waals surface area (Å²) in [5.74, 6) is -0.400. The second-order valence-corrected chi connectivity index (χ2v) is 5.89. The van der Waals surface area contributed by atoms with Gasteiger partial charge in [-0.1, -0.05) is 0 Å². The maximum atomic E-state index is 13.5. The summed E-state index contributed by atoms with van der Waals surface area (Å²) in [4.78, 5) is 11.7. The van der Waals surface area contributed by atoms with Crippen molar-refractivity contribution in [3.05, 3.63) is 29.6 Å². The Bertz CT molecular complexity index is 432. The minimum Gasteiger partial charge on any atom is -0.508 e. The summed E-state index contributed by atoms with van der Waals surface area (Å²) in [7, 11) is 0. The van der Waals surface area contributed by atoms with E-state index in [1.165, 1.54) is 30.0 Å². The van der Waals surface area contributed by atoms with Gasteiger partial charge in [0.15, 0.2) is 0 Å². The maximum absolute atomic E-state index is 13.5. The number of hydrogen-bond acceptors (Lipinski definition) is 4. The normalized spacial score (nSPS) is 11.3. The first-order valence-corrected chi connectivity index (χ1v) is 6.64. The molecule has 0 aliphatic heterocycles. The van der Waals surface area contributed by atoms with Gasteiger partial charge in [0.25, 0.3) is 0 Å². The van der Waals surface area contributed by atoms with Gasteiger partial charge in [0.1, 0.15) is 16.3 Å². The molecule has 0 aliphatic rings. The molecule has 0 radical (unpaired) electrons. The first-order valence-electron chi connectivity index (χ1n) is 5.65. The summed E-state index contributed by atoms with van der Waals surface area (Å²) in [5.41, 5.74) is 0.373. The molecule has 0 fully saturated rings. The molecule has 18 heavy (non-hydrogen) atoms. The number of hydrogen-bond donors (Lipinski definition) is 1. The van der Waals surface area contributed by atoms with E-state index in [0.717, 1.165) is 0 Å². The number of carbonyl (C=O) groups excluding carboxylic acids is 1. The molecule has 0 bridgehead atoms. The molecular formula is C13H17FO3S. The van der Waals surface area contributed by atoms with Crippen molar-refractivity contribution < 1.29 is 19.0 Å². The zero-order valence-electron chi connectivity index (χ0n) is 10.7. The summed E-state index contributed by atoms with van der Waals surface area (Å²) in [6.45, 7) is 5.53. The molecule has 0 heterocycles. The highest BCUT2D eigenvalue weighted by molar-refractivity contribution is 8.00. The van der Waals surface area contributed by atoms with E-state index in [1.54, 1.807) is 20.8 Å². The van der Waals surface area contributed by atoms with Gasteiger partial charge in [0.05, 0.1) is 6.61 Å². The molecule has 0 saturated heterocycles. The lowest BCUT2D eigenvalue weighted by atomic mass is 10.2. The number of ether oxygens (including phenoxy) is 1. The third-order valence-corrected chi connectivity index (χ3v) is 3.73. The number of esters is 1. The molecule has 0 amide bonds. The Labute approximate surface area is 110 Å². The van der Waals surface area contributed by atoms with Crippen LogP contribution in [0.2, 0.25) is 0 Å². The van der Waals surface area contributed by atoms with Gasteiger partial charge < -0.3 is 9.84 Å². The van der Waals surface area contributed by atoms with Crippen molar-refractivity contribution >= 4 is 17.7 Å². The Morgan fingerprint density at radius 3 is 2.78 bits per heavy atom. The fourth-order valence-corrected chi connectivity index (χ4v) is 2.21. The Balaban J connectivity index is 2.69. The molecule has 1 aromatic carbocycles. The predicted molar refractivity (Wildman–Crippen MR) is 70.1 cm³/mol. The number of benzene rings is 1. The number of phenolic OH excluding ortho intramolecular Hbond substituents is 1. The van der Waals surface area contributed by atoms with Crippen molar-refractivity contribution in [3.8, 4) is 5.75 Å². The molecule has 0 aliphatic carbocycles. The molecule has 0 aromatic heterocycles. The van der Waals surface area contributed by atoms with E-state index in [4.69, 9.17) is 4.74 Å². The lowest BCUT2D eigenvalue weighted by molar-refractivity contribution is -0.145. The van der Waals surface area contributed by atoms with Crippen LogP contribution in [-0.2, 0) is 15.3 Å². The average molecular weight is 272 g/mol. The fourth-order valence-electron chi connectivity index (χ4n) is 1.29. The van der Waals surface area contributed by atoms with Crippen LogP contribution in [-0.4, -0.2) is 22.4 Å². The molecule has 3 nitrogen and oxygen atoms in total. The molecular weight excluding hydrogens is 255 g/mol. The topological polar surface area (TPSA) is 46.5 Å². The van der Waals surface area contributed by atoms with Gasteiger partial charge >= 0.3 is 5.97 Å². The highest BCUT2D eigenvalue weighted by Crippen LogP contribution is 2.31. The van der Waals surface area contributed by atoms with Crippen LogP contribution in [0.25, 0.3) is 0 Å². The molecule has 0 atom stereocenters. The summed E-state index contributed by atoms with van der Waals surface area (Å²) < 4.78 is 17.7. The second kappa shape index (κ2) is 6.09. The van der Waals surface area contributed by atoms with Gasteiger partial charge in [0, 0.05) is 11.3 Å². The number of rotatable bonds is 5. The highest BCUT2D eigenvalue weighted by Gasteiger charge is 2.29. The molecule has 0 spiro atoms. The van der Waals surface area contributed by atoms with Gasteiger partial charge in [-0.3, -0.25) is 4.79 Å². The van der Waals surface area contributed by atoms with Gasteiger partial charge in [-0.25, -0.2) is 4.39 Å². The fraction of sp³-hybridized carbons (Fsp3) is 0.462. The van der Waals surface area contributed by atoms with Crippen LogP contribution < -0.4 is 0 Å². The van der Waals surface area contributed by atoms with Gasteiger partial charge in [0.2, 0.25) is 0 Å². The summed E-state index contributed by atoms with van der Waals surface area (Å²) in [6, 6.07) is 3.87. The number of aromatic hydroxyl groups is 1. The summed E-state index contributed by atoms with van der Waals surface area (Å²) in [6.07, 6.45) is 0. The monoisotopic (exact) mass is 272 g/mol. The first-order chi connectivity index (χ1) is 8.36. The number of carbonyl (C=O) groups is 1. The Morgan fingerprint density at radius 2 is 2.17 bits per heavy atom. The summed E-state index contributed by atoms with van der Waals surface area (Å²) >= 11 is 1.28. The van der Waals surface area contributed by atoms with E-state index >= 15 is 0 Å². The van der Waals surface area contributed by atoms with Crippen LogP contribution >= 0.6 is 11.8 Å². The second-order valence-electron chi connectivity index (χ2n) is 4.30. The minimum atomic E-state index is -0.742. The lowest BCUT2D eigenvalue weighted by Gasteiger charge is -2.21. The Kier molecular flexibility index (Phi) is 5.02. The van der Waals surface area contributed by atoms with Crippen molar-refractivity contribution in [3.63, 3.8) is 0 Å². The number of halogens is 1. The molecule has 0 saturated carbocycles. The van der Waals surface area contributed by atoms with Crippen molar-refractivity contribution in [1.29, 1.82) is 0 Å². The Hall–Kier alpha value is -1.23. The quantitative estimate of drug-likeness (QED) is 0.837. The van der Waals surface area contributed by atoms with E-state index in [9.17, 15) is 14.3 Å². The van der Waals surface area contributed by atoms with Gasteiger partial charge in [-0.05, 0) is 39.0 Å². The van der Waals surface area contributed by atoms with Gasteiger partial charge in [-0.2, -0.15) is 0 Å². The zero-order chi connectivity index (χ0) is 13.8. The van der Waals surface area contributed by atoms with E-state index in [0.29, 0.717) is 17.9 Å². The molecule has 1 rings (SSSR count). The van der Waals surface area contributed by atoms with Gasteiger partial charge in [-0.15, -0.1) is 11.8 Å². The van der Waals surface area contributed by atoms with E-state index < -0.39 is 4.75 Å². The largest absolute Gasteiger partial charge is 0.508 e. The number of thioether (sulfide) groups is 1. The molecule has 1 aromatic rings. The van der Waals surface area contributed by atoms with Crippen LogP contribution in [0.15, 0.2) is 18.2 Å². The van der Waals surface area contributed by atoms with Crippen LogP contribution in [0.3, 0.4) is 0 Å². The summed E-state index contributed by atoms with van der Waals surface area (Å²) in [5, 5.41) is 9.29. The Morgan fingerprint density at radius 1 is 1.50 bits per heavy atom. The van der Waals surface area contributed by atoms with Crippen molar-refractivity contribution in [1.82, 2.24) is 0 Å². The molecule has 0 unspecified atom stereocenters. The standard InChI is InChI=1S/C13H17FO3S/c1-4-17-12(16)13(2,3)18-8-9-7-10(15)5-6-11(9)14/h5-7,15H,4,8H2,1-3H3. The van der Waals surface area contributed by atoms with Crippen LogP contribution in [0, 0.1) is 5.82 Å². The highest BCUT2D eigenvalue weighted by atomic mass is 32.2. The van der Waals surface area contributed by atoms with Crippen LogP contribution in [0.5, 0.6) is 5.75 Å². The zero-order valence-corrected chi connectivity index (χ0v) is 11.5. The van der Waals surface area contributed by atoms with Crippen molar-refractivity contribution in [2.45, 2.75) is 31.3 Å². The average Bonchev–Trinajstić information content (AvgIpc) is 2.31. The molecule has 5 heteroatoms. The lowest BCUT2D eigenvalue weighted by Crippen LogP contribution is -2.30. The number of phenols is 1. The molecule has 100 valence electrons. The maximum Gasteiger partial charge on any atom is 0.321 e. The van der Waals surface area contributed by atoms with Crippen LogP contribution in [0.4, 0.5) is 4.39 Å². The van der Waals surface area contributed by atoms with Crippen molar-refractivity contribution in [2.24, 2.45) is 0 Å².